The Balaban J connectivity index is 1.40. The van der Waals surface area contributed by atoms with Crippen LogP contribution >= 0.6 is 0 Å². The van der Waals surface area contributed by atoms with Crippen LogP contribution in [0.2, 0.25) is 0 Å². The van der Waals surface area contributed by atoms with E-state index in [0.717, 1.165) is 24.3 Å². The second-order valence-corrected chi connectivity index (χ2v) is 10.2. The van der Waals surface area contributed by atoms with E-state index in [1.165, 1.54) is 17.7 Å². The van der Waals surface area contributed by atoms with Gasteiger partial charge >= 0.3 is 0 Å². The highest BCUT2D eigenvalue weighted by molar-refractivity contribution is 6.24. The van der Waals surface area contributed by atoms with Crippen molar-refractivity contribution in [1.29, 1.82) is 0 Å². The van der Waals surface area contributed by atoms with Gasteiger partial charge in [0.1, 0.15) is 11.7 Å². The van der Waals surface area contributed by atoms with Crippen LogP contribution in [0.4, 0.5) is 21.5 Å². The molecule has 1 N–H and O–H groups in total. The Labute approximate surface area is 240 Å². The Morgan fingerprint density at radius 1 is 0.902 bits per heavy atom. The first-order valence-electron chi connectivity index (χ1n) is 13.8. The van der Waals surface area contributed by atoms with Crippen molar-refractivity contribution in [3.8, 4) is 0 Å². The number of hydrogen-bond donors (Lipinski definition) is 1. The number of nitrogens with zero attached hydrogens (tertiary/aromatic N) is 3. The van der Waals surface area contributed by atoms with Gasteiger partial charge in [-0.2, -0.15) is 0 Å². The quantitative estimate of drug-likeness (QED) is 0.228. The molecule has 208 valence electrons. The second kappa shape index (κ2) is 12.7. The average Bonchev–Trinajstić information content (AvgIpc) is 3.31. The zero-order valence-corrected chi connectivity index (χ0v) is 23.3. The van der Waals surface area contributed by atoms with Crippen molar-refractivity contribution in [3.05, 3.63) is 126 Å². The molecule has 6 nitrogen and oxygen atoms in total. The standard InChI is InChI=1S/C34H33FN4O2/c1-3-31(40)39(21-20-38(2)23-24-10-6-4-7-11-24)28-17-15-27(16-18-28)36-33(25-12-8-5-9-13-25)32-29-19-14-26(35)22-30(29)37-34(32)41/h4-19,22,32H,3,20-21,23H2,1-2H3,(H,37,41). The van der Waals surface area contributed by atoms with E-state index in [1.54, 1.807) is 6.07 Å². The number of rotatable bonds is 10. The van der Waals surface area contributed by atoms with Crippen molar-refractivity contribution in [1.82, 2.24) is 4.90 Å². The summed E-state index contributed by atoms with van der Waals surface area (Å²) >= 11 is 0. The number of halogens is 1. The molecular weight excluding hydrogens is 515 g/mol. The number of benzene rings is 4. The molecule has 0 radical (unpaired) electrons. The van der Waals surface area contributed by atoms with Gasteiger partial charge in [-0.05, 0) is 60.1 Å². The van der Waals surface area contributed by atoms with Gasteiger partial charge in [-0.25, -0.2) is 4.39 Å². The molecular formula is C34H33FN4O2. The van der Waals surface area contributed by atoms with Crippen molar-refractivity contribution in [3.63, 3.8) is 0 Å². The van der Waals surface area contributed by atoms with E-state index in [2.05, 4.69) is 29.4 Å². The van der Waals surface area contributed by atoms with Crippen LogP contribution in [0.3, 0.4) is 0 Å². The first kappa shape index (κ1) is 27.9. The lowest BCUT2D eigenvalue weighted by molar-refractivity contribution is -0.118. The number of fused-ring (bicyclic) bond motifs is 1. The normalized spacial score (nSPS) is 14.6. The van der Waals surface area contributed by atoms with Crippen LogP contribution in [0, 0.1) is 5.82 Å². The van der Waals surface area contributed by atoms with Crippen molar-refractivity contribution < 1.29 is 14.0 Å². The van der Waals surface area contributed by atoms with E-state index >= 15 is 0 Å². The number of carbonyl (C=O) groups excluding carboxylic acids is 2. The summed E-state index contributed by atoms with van der Waals surface area (Å²) in [5.74, 6) is -1.28. The third-order valence-corrected chi connectivity index (χ3v) is 7.20. The van der Waals surface area contributed by atoms with Gasteiger partial charge in [-0.3, -0.25) is 14.6 Å². The third kappa shape index (κ3) is 6.58. The number of likely N-dealkylation sites (N-methyl/N-ethyl adjacent to an activating group) is 1. The topological polar surface area (TPSA) is 65.0 Å². The number of anilines is 2. The Hall–Kier alpha value is -4.62. The van der Waals surface area contributed by atoms with Crippen molar-refractivity contribution >= 4 is 34.6 Å². The Bertz CT molecular complexity index is 1540. The molecule has 4 aromatic carbocycles. The van der Waals surface area contributed by atoms with Crippen LogP contribution in [-0.4, -0.2) is 42.6 Å². The summed E-state index contributed by atoms with van der Waals surface area (Å²) in [4.78, 5) is 34.9. The Kier molecular flexibility index (Phi) is 8.65. The molecule has 1 atom stereocenters. The predicted molar refractivity (Wildman–Crippen MR) is 162 cm³/mol. The molecule has 0 saturated heterocycles. The molecule has 0 fully saturated rings. The number of hydrogen-bond acceptors (Lipinski definition) is 4. The molecule has 0 aromatic heterocycles. The van der Waals surface area contributed by atoms with Gasteiger partial charge < -0.3 is 15.1 Å². The average molecular weight is 549 g/mol. The van der Waals surface area contributed by atoms with E-state index in [-0.39, 0.29) is 11.8 Å². The van der Waals surface area contributed by atoms with E-state index in [0.29, 0.717) is 35.6 Å². The minimum absolute atomic E-state index is 0.0470. The SMILES string of the molecule is CCC(=O)N(CCN(C)Cc1ccccc1)c1ccc(N=C(c2ccccc2)C2C(=O)Nc3cc(F)ccc32)cc1. The summed E-state index contributed by atoms with van der Waals surface area (Å²) in [6, 6.07) is 31.6. The van der Waals surface area contributed by atoms with Crippen LogP contribution in [0.25, 0.3) is 0 Å². The van der Waals surface area contributed by atoms with Crippen LogP contribution in [-0.2, 0) is 16.1 Å². The molecule has 4 aromatic rings. The van der Waals surface area contributed by atoms with Gasteiger partial charge in [0.25, 0.3) is 0 Å². The van der Waals surface area contributed by atoms with E-state index in [4.69, 9.17) is 4.99 Å². The van der Waals surface area contributed by atoms with Crippen LogP contribution in [0.15, 0.2) is 108 Å². The smallest absolute Gasteiger partial charge is 0.238 e. The third-order valence-electron chi connectivity index (χ3n) is 7.20. The predicted octanol–water partition coefficient (Wildman–Crippen LogP) is 6.56. The molecule has 7 heteroatoms. The summed E-state index contributed by atoms with van der Waals surface area (Å²) in [6.45, 7) is 3.94. The molecule has 0 aliphatic carbocycles. The Morgan fingerprint density at radius 2 is 1.59 bits per heavy atom. The van der Waals surface area contributed by atoms with Gasteiger partial charge in [0.2, 0.25) is 11.8 Å². The van der Waals surface area contributed by atoms with Crippen LogP contribution in [0.5, 0.6) is 0 Å². The maximum atomic E-state index is 13.9. The highest BCUT2D eigenvalue weighted by Gasteiger charge is 2.35. The molecule has 1 unspecified atom stereocenters. The highest BCUT2D eigenvalue weighted by atomic mass is 19.1. The fourth-order valence-corrected chi connectivity index (χ4v) is 5.09. The van der Waals surface area contributed by atoms with E-state index in [9.17, 15) is 14.0 Å². The molecule has 41 heavy (non-hydrogen) atoms. The summed E-state index contributed by atoms with van der Waals surface area (Å²) in [7, 11) is 2.05. The maximum Gasteiger partial charge on any atom is 0.238 e. The minimum Gasteiger partial charge on any atom is -0.325 e. The Morgan fingerprint density at radius 3 is 2.27 bits per heavy atom. The fourth-order valence-electron chi connectivity index (χ4n) is 5.09. The largest absolute Gasteiger partial charge is 0.325 e. The number of amides is 2. The second-order valence-electron chi connectivity index (χ2n) is 10.2. The first-order valence-corrected chi connectivity index (χ1v) is 13.8. The summed E-state index contributed by atoms with van der Waals surface area (Å²) in [5.41, 5.74) is 5.21. The van der Waals surface area contributed by atoms with Gasteiger partial charge in [0.15, 0.2) is 0 Å². The molecule has 0 spiro atoms. The number of carbonyl (C=O) groups is 2. The minimum atomic E-state index is -0.675. The molecule has 1 heterocycles. The van der Waals surface area contributed by atoms with E-state index in [1.807, 2.05) is 84.6 Å². The zero-order chi connectivity index (χ0) is 28.8. The molecule has 0 bridgehead atoms. The lowest BCUT2D eigenvalue weighted by atomic mass is 9.90. The number of aliphatic imine (C=N–C) groups is 1. The molecule has 5 rings (SSSR count). The van der Waals surface area contributed by atoms with Gasteiger partial charge in [-0.15, -0.1) is 0 Å². The zero-order valence-electron chi connectivity index (χ0n) is 23.3. The summed E-state index contributed by atoms with van der Waals surface area (Å²) < 4.78 is 13.9. The number of nitrogens with one attached hydrogen (secondary N) is 1. The highest BCUT2D eigenvalue weighted by Crippen LogP contribution is 2.37. The summed E-state index contributed by atoms with van der Waals surface area (Å²) in [5, 5.41) is 2.80. The van der Waals surface area contributed by atoms with Crippen LogP contribution in [0.1, 0.15) is 36.0 Å². The monoisotopic (exact) mass is 548 g/mol. The first-order chi connectivity index (χ1) is 19.9. The molecule has 1 aliphatic heterocycles. The van der Waals surface area contributed by atoms with E-state index < -0.39 is 11.7 Å². The fraction of sp³-hybridized carbons (Fsp3) is 0.206. The van der Waals surface area contributed by atoms with Crippen molar-refractivity contribution in [2.24, 2.45) is 4.99 Å². The van der Waals surface area contributed by atoms with Crippen molar-refractivity contribution in [2.45, 2.75) is 25.8 Å². The van der Waals surface area contributed by atoms with Crippen LogP contribution < -0.4 is 10.2 Å². The lowest BCUT2D eigenvalue weighted by Crippen LogP contribution is -2.37. The lowest BCUT2D eigenvalue weighted by Gasteiger charge is -2.26. The molecule has 2 amide bonds. The van der Waals surface area contributed by atoms with Crippen molar-refractivity contribution in [2.75, 3.05) is 30.4 Å². The maximum absolute atomic E-state index is 13.9. The van der Waals surface area contributed by atoms with Gasteiger partial charge in [0.05, 0.1) is 11.4 Å². The van der Waals surface area contributed by atoms with Gasteiger partial charge in [0, 0.05) is 37.4 Å². The molecule has 0 saturated carbocycles. The molecule has 1 aliphatic rings. The summed E-state index contributed by atoms with van der Waals surface area (Å²) in [6.07, 6.45) is 0.400. The van der Waals surface area contributed by atoms with Gasteiger partial charge in [-0.1, -0.05) is 73.7 Å².